The second kappa shape index (κ2) is 3.22. The molecule has 3 aliphatic rings. The molecule has 3 fully saturated rings. The average Bonchev–Trinajstić information content (AvgIpc) is 2.21. The van der Waals surface area contributed by atoms with E-state index in [9.17, 15) is 9.59 Å². The summed E-state index contributed by atoms with van der Waals surface area (Å²) in [6, 6.07) is 4.64. The van der Waals surface area contributed by atoms with Gasteiger partial charge in [0.25, 0.3) is 5.91 Å². The van der Waals surface area contributed by atoms with Gasteiger partial charge in [-0.05, 0) is 30.7 Å². The van der Waals surface area contributed by atoms with Crippen molar-refractivity contribution >= 4 is 5.91 Å². The second-order valence-electron chi connectivity index (χ2n) is 5.55. The number of carbonyl (C=O) groups excluding carboxylic acids is 1. The summed E-state index contributed by atoms with van der Waals surface area (Å²) in [5.74, 6) is -0.160. The van der Waals surface area contributed by atoms with Crippen molar-refractivity contribution in [1.82, 2.24) is 10.3 Å². The van der Waals surface area contributed by atoms with E-state index in [1.165, 1.54) is 12.5 Å². The summed E-state index contributed by atoms with van der Waals surface area (Å²) in [4.78, 5) is 25.6. The Morgan fingerprint density at radius 2 is 2.12 bits per heavy atom. The molecule has 0 aromatic carbocycles. The maximum atomic E-state index is 11.9. The summed E-state index contributed by atoms with van der Waals surface area (Å²) >= 11 is 0. The zero-order valence-corrected chi connectivity index (χ0v) is 9.88. The third-order valence-corrected chi connectivity index (χ3v) is 4.28. The highest BCUT2D eigenvalue weighted by atomic mass is 16.2. The Hall–Kier alpha value is -1.58. The van der Waals surface area contributed by atoms with E-state index in [1.807, 2.05) is 0 Å². The topological polar surface area (TPSA) is 62.0 Å². The van der Waals surface area contributed by atoms with Crippen molar-refractivity contribution in [1.29, 1.82) is 0 Å². The van der Waals surface area contributed by atoms with Crippen LogP contribution in [-0.2, 0) is 0 Å². The lowest BCUT2D eigenvalue weighted by Crippen LogP contribution is -2.74. The molecule has 2 bridgehead atoms. The minimum Gasteiger partial charge on any atom is -0.345 e. The maximum absolute atomic E-state index is 11.9. The lowest BCUT2D eigenvalue weighted by atomic mass is 9.38. The number of rotatable bonds is 3. The normalized spacial score (nSPS) is 33.5. The Bertz CT molecular complexity index is 512. The zero-order chi connectivity index (χ0) is 12.1. The molecule has 4 nitrogen and oxygen atoms in total. The number of nitrogens with one attached hydrogen (secondary N) is 2. The molecule has 1 aromatic heterocycles. The Morgan fingerprint density at radius 1 is 1.41 bits per heavy atom. The molecule has 2 N–H and O–H groups in total. The first-order chi connectivity index (χ1) is 8.06. The van der Waals surface area contributed by atoms with E-state index < -0.39 is 0 Å². The van der Waals surface area contributed by atoms with E-state index in [2.05, 4.69) is 17.2 Å². The SMILES string of the molecule is CCC12CC(NC(=O)c3cccc(=O)[nH]3)(C1)C2. The van der Waals surface area contributed by atoms with Crippen molar-refractivity contribution in [2.75, 3.05) is 0 Å². The Morgan fingerprint density at radius 3 is 2.71 bits per heavy atom. The Balaban J connectivity index is 1.68. The number of carbonyl (C=O) groups is 1. The highest BCUT2D eigenvalue weighted by molar-refractivity contribution is 5.93. The van der Waals surface area contributed by atoms with Crippen molar-refractivity contribution in [3.8, 4) is 0 Å². The average molecular weight is 232 g/mol. The second-order valence-corrected chi connectivity index (χ2v) is 5.55. The fourth-order valence-electron chi connectivity index (χ4n) is 3.39. The minimum atomic E-state index is -0.236. The molecule has 1 heterocycles. The summed E-state index contributed by atoms with van der Waals surface area (Å²) in [6.45, 7) is 2.21. The quantitative estimate of drug-likeness (QED) is 0.828. The standard InChI is InChI=1S/C13H16N2O2/c1-2-12-6-13(7-12,8-12)15-11(17)9-4-3-5-10(16)14-9/h3-5H,2,6-8H2,1H3,(H,14,16)(H,15,17). The monoisotopic (exact) mass is 232 g/mol. The van der Waals surface area contributed by atoms with Gasteiger partial charge in [0.1, 0.15) is 5.69 Å². The van der Waals surface area contributed by atoms with E-state index >= 15 is 0 Å². The first-order valence-electron chi connectivity index (χ1n) is 6.08. The van der Waals surface area contributed by atoms with Gasteiger partial charge in [-0.15, -0.1) is 0 Å². The van der Waals surface area contributed by atoms with Crippen LogP contribution in [-0.4, -0.2) is 16.4 Å². The van der Waals surface area contributed by atoms with Crippen molar-refractivity contribution in [2.45, 2.75) is 38.1 Å². The van der Waals surface area contributed by atoms with Crippen LogP contribution in [0.25, 0.3) is 0 Å². The number of hydrogen-bond donors (Lipinski definition) is 2. The van der Waals surface area contributed by atoms with Gasteiger partial charge in [0, 0.05) is 11.6 Å². The summed E-state index contributed by atoms with van der Waals surface area (Å²) in [6.07, 6.45) is 4.49. The van der Waals surface area contributed by atoms with E-state index in [4.69, 9.17) is 0 Å². The molecule has 3 aliphatic carbocycles. The first-order valence-corrected chi connectivity index (χ1v) is 6.08. The maximum Gasteiger partial charge on any atom is 0.268 e. The molecule has 90 valence electrons. The largest absolute Gasteiger partial charge is 0.345 e. The van der Waals surface area contributed by atoms with Gasteiger partial charge >= 0.3 is 0 Å². The predicted molar refractivity (Wildman–Crippen MR) is 63.8 cm³/mol. The molecule has 0 spiro atoms. The fourth-order valence-corrected chi connectivity index (χ4v) is 3.39. The van der Waals surface area contributed by atoms with Crippen molar-refractivity contribution in [2.24, 2.45) is 5.41 Å². The van der Waals surface area contributed by atoms with Crippen LogP contribution in [0.4, 0.5) is 0 Å². The summed E-state index contributed by atoms with van der Waals surface area (Å²) in [5.41, 5.74) is 0.657. The molecule has 0 aliphatic heterocycles. The highest BCUT2D eigenvalue weighted by Gasteiger charge is 2.67. The van der Waals surface area contributed by atoms with Gasteiger partial charge in [0.05, 0.1) is 0 Å². The Labute approximate surface area is 99.4 Å². The van der Waals surface area contributed by atoms with E-state index in [0.29, 0.717) is 11.1 Å². The first kappa shape index (κ1) is 10.6. The van der Waals surface area contributed by atoms with Crippen LogP contribution in [0.3, 0.4) is 0 Å². The third kappa shape index (κ3) is 1.51. The van der Waals surface area contributed by atoms with Crippen LogP contribution >= 0.6 is 0 Å². The Kier molecular flexibility index (Phi) is 2.00. The fraction of sp³-hybridized carbons (Fsp3) is 0.538. The molecule has 0 saturated heterocycles. The van der Waals surface area contributed by atoms with Gasteiger partial charge in [-0.25, -0.2) is 0 Å². The van der Waals surface area contributed by atoms with Crippen molar-refractivity contribution < 1.29 is 4.79 Å². The van der Waals surface area contributed by atoms with Crippen LogP contribution in [0.15, 0.2) is 23.0 Å². The highest BCUT2D eigenvalue weighted by Crippen LogP contribution is 2.68. The lowest BCUT2D eigenvalue weighted by Gasteiger charge is -2.70. The molecule has 4 heteroatoms. The minimum absolute atomic E-state index is 0.0276. The van der Waals surface area contributed by atoms with Crippen molar-refractivity contribution in [3.05, 3.63) is 34.2 Å². The molecule has 1 aromatic rings. The number of hydrogen-bond acceptors (Lipinski definition) is 2. The lowest BCUT2D eigenvalue weighted by molar-refractivity contribution is -0.149. The van der Waals surface area contributed by atoms with Gasteiger partial charge in [-0.2, -0.15) is 0 Å². The molecule has 3 saturated carbocycles. The predicted octanol–water partition coefficient (Wildman–Crippen LogP) is 1.44. The number of aromatic amines is 1. The van der Waals surface area contributed by atoms with E-state index in [0.717, 1.165) is 19.3 Å². The molecule has 1 amide bonds. The molecular weight excluding hydrogens is 216 g/mol. The van der Waals surface area contributed by atoms with E-state index in [-0.39, 0.29) is 17.0 Å². The summed E-state index contributed by atoms with van der Waals surface area (Å²) in [7, 11) is 0. The van der Waals surface area contributed by atoms with Crippen LogP contribution in [0, 0.1) is 5.41 Å². The zero-order valence-electron chi connectivity index (χ0n) is 9.88. The molecule has 0 unspecified atom stereocenters. The van der Waals surface area contributed by atoms with Gasteiger partial charge in [-0.3, -0.25) is 9.59 Å². The molecular formula is C13H16N2O2. The molecule has 0 atom stereocenters. The van der Waals surface area contributed by atoms with Crippen molar-refractivity contribution in [3.63, 3.8) is 0 Å². The smallest absolute Gasteiger partial charge is 0.268 e. The number of aromatic nitrogens is 1. The van der Waals surface area contributed by atoms with Gasteiger partial charge < -0.3 is 10.3 Å². The number of pyridine rings is 1. The molecule has 17 heavy (non-hydrogen) atoms. The van der Waals surface area contributed by atoms with E-state index in [1.54, 1.807) is 12.1 Å². The third-order valence-electron chi connectivity index (χ3n) is 4.28. The van der Waals surface area contributed by atoms with Gasteiger partial charge in [0.15, 0.2) is 0 Å². The molecule has 0 radical (unpaired) electrons. The van der Waals surface area contributed by atoms with Crippen LogP contribution < -0.4 is 10.9 Å². The molecule has 4 rings (SSSR count). The van der Waals surface area contributed by atoms with Crippen LogP contribution in [0.1, 0.15) is 43.1 Å². The van der Waals surface area contributed by atoms with Gasteiger partial charge in [0.2, 0.25) is 5.56 Å². The van der Waals surface area contributed by atoms with Crippen LogP contribution in [0.2, 0.25) is 0 Å². The van der Waals surface area contributed by atoms with Crippen LogP contribution in [0.5, 0.6) is 0 Å². The number of H-pyrrole nitrogens is 1. The number of amides is 1. The van der Waals surface area contributed by atoms with Gasteiger partial charge in [-0.1, -0.05) is 19.4 Å². The summed E-state index contributed by atoms with van der Waals surface area (Å²) in [5, 5.41) is 3.05. The summed E-state index contributed by atoms with van der Waals surface area (Å²) < 4.78 is 0.